The fraction of sp³-hybridized carbons (Fsp3) is 0.263. The van der Waals surface area contributed by atoms with Gasteiger partial charge in [-0.15, -0.1) is 0 Å². The molecule has 142 valence electrons. The van der Waals surface area contributed by atoms with Crippen LogP contribution >= 0.6 is 22.9 Å². The van der Waals surface area contributed by atoms with E-state index in [2.05, 4.69) is 17.1 Å². The molecule has 0 spiro atoms. The summed E-state index contributed by atoms with van der Waals surface area (Å²) in [6.45, 7) is 4.08. The van der Waals surface area contributed by atoms with Crippen molar-refractivity contribution in [3.05, 3.63) is 57.3 Å². The molecule has 0 aliphatic carbocycles. The van der Waals surface area contributed by atoms with Gasteiger partial charge in [0.1, 0.15) is 0 Å². The molecule has 8 heteroatoms. The Labute approximate surface area is 166 Å². The number of nitrogens with zero attached hydrogens (tertiary/aromatic N) is 2. The fourth-order valence-electron chi connectivity index (χ4n) is 2.63. The van der Waals surface area contributed by atoms with Crippen molar-refractivity contribution in [2.45, 2.75) is 25.2 Å². The van der Waals surface area contributed by atoms with Gasteiger partial charge in [-0.3, -0.25) is 4.79 Å². The molecule has 0 radical (unpaired) electrons. The van der Waals surface area contributed by atoms with Crippen LogP contribution in [0.1, 0.15) is 17.5 Å². The number of carbonyl (C=O) groups excluding carboxylic acids is 1. The summed E-state index contributed by atoms with van der Waals surface area (Å²) < 4.78 is 27.6. The highest BCUT2D eigenvalue weighted by Gasteiger charge is 2.16. The summed E-state index contributed by atoms with van der Waals surface area (Å²) in [7, 11) is -1.70. The van der Waals surface area contributed by atoms with Gasteiger partial charge in [-0.1, -0.05) is 22.9 Å². The van der Waals surface area contributed by atoms with Crippen LogP contribution in [0.25, 0.3) is 10.2 Å². The van der Waals surface area contributed by atoms with Gasteiger partial charge in [-0.2, -0.15) is 4.99 Å². The van der Waals surface area contributed by atoms with Crippen molar-refractivity contribution in [2.75, 3.05) is 5.75 Å². The standard InChI is InChI=1S/C19H19ClN2O3S2/c1-12-10-16-17(11-13(12)2)26-19(22(16)3)21-18(23)8-9-27(24,25)15-6-4-14(20)5-7-15/h4-7,10-11H,8-9H2,1-3H3. The maximum Gasteiger partial charge on any atom is 0.249 e. The Bertz CT molecular complexity index is 1190. The minimum Gasteiger partial charge on any atom is -0.319 e. The summed E-state index contributed by atoms with van der Waals surface area (Å²) in [6, 6.07) is 10.1. The van der Waals surface area contributed by atoms with Crippen molar-refractivity contribution in [3.8, 4) is 0 Å². The lowest BCUT2D eigenvalue weighted by Crippen LogP contribution is -2.16. The van der Waals surface area contributed by atoms with Gasteiger partial charge in [0.15, 0.2) is 14.6 Å². The second-order valence-electron chi connectivity index (χ2n) is 6.38. The second-order valence-corrected chi connectivity index (χ2v) is 9.93. The van der Waals surface area contributed by atoms with E-state index in [-0.39, 0.29) is 17.1 Å². The second kappa shape index (κ2) is 7.58. The summed E-state index contributed by atoms with van der Waals surface area (Å²) in [6.07, 6.45) is -0.169. The van der Waals surface area contributed by atoms with E-state index < -0.39 is 15.7 Å². The molecule has 3 rings (SSSR count). The van der Waals surface area contributed by atoms with E-state index in [9.17, 15) is 13.2 Å². The fourth-order valence-corrected chi connectivity index (χ4v) is 5.10. The van der Waals surface area contributed by atoms with Crippen molar-refractivity contribution in [2.24, 2.45) is 12.0 Å². The van der Waals surface area contributed by atoms with Crippen LogP contribution < -0.4 is 4.80 Å². The normalized spacial score (nSPS) is 12.7. The van der Waals surface area contributed by atoms with Crippen LogP contribution in [0.2, 0.25) is 5.02 Å². The smallest absolute Gasteiger partial charge is 0.249 e. The number of carbonyl (C=O) groups is 1. The predicted molar refractivity (Wildman–Crippen MR) is 109 cm³/mol. The van der Waals surface area contributed by atoms with Crippen LogP contribution in [-0.4, -0.2) is 24.6 Å². The van der Waals surface area contributed by atoms with Crippen molar-refractivity contribution < 1.29 is 13.2 Å². The Morgan fingerprint density at radius 1 is 1.15 bits per heavy atom. The van der Waals surface area contributed by atoms with Crippen LogP contribution in [0.4, 0.5) is 0 Å². The van der Waals surface area contributed by atoms with Crippen molar-refractivity contribution >= 4 is 48.9 Å². The number of fused-ring (bicyclic) bond motifs is 1. The van der Waals surface area contributed by atoms with Crippen LogP contribution in [-0.2, 0) is 21.7 Å². The molecule has 0 N–H and O–H groups in total. The van der Waals surface area contributed by atoms with Gasteiger partial charge < -0.3 is 4.57 Å². The number of thiazole rings is 1. The Morgan fingerprint density at radius 3 is 2.44 bits per heavy atom. The third-order valence-electron chi connectivity index (χ3n) is 4.40. The molecule has 0 fully saturated rings. The third kappa shape index (κ3) is 4.31. The zero-order chi connectivity index (χ0) is 19.8. The number of hydrogen-bond donors (Lipinski definition) is 0. The summed E-state index contributed by atoms with van der Waals surface area (Å²) in [5.41, 5.74) is 3.35. The predicted octanol–water partition coefficient (Wildman–Crippen LogP) is 3.80. The Kier molecular flexibility index (Phi) is 5.55. The number of amides is 1. The van der Waals surface area contributed by atoms with Crippen LogP contribution in [0.3, 0.4) is 0 Å². The first-order chi connectivity index (χ1) is 12.7. The largest absolute Gasteiger partial charge is 0.319 e. The quantitative estimate of drug-likeness (QED) is 0.642. The lowest BCUT2D eigenvalue weighted by atomic mass is 10.1. The van der Waals surface area contributed by atoms with Gasteiger partial charge in [0, 0.05) is 18.5 Å². The maximum atomic E-state index is 12.3. The van der Waals surface area contributed by atoms with Gasteiger partial charge in [0.2, 0.25) is 5.91 Å². The molecule has 5 nitrogen and oxygen atoms in total. The van der Waals surface area contributed by atoms with E-state index in [1.54, 1.807) is 0 Å². The molecule has 0 bridgehead atoms. The molecule has 27 heavy (non-hydrogen) atoms. The van der Waals surface area contributed by atoms with Gasteiger partial charge in [-0.05, 0) is 61.4 Å². The Hall–Kier alpha value is -1.96. The van der Waals surface area contributed by atoms with E-state index >= 15 is 0 Å². The first-order valence-corrected chi connectivity index (χ1v) is 11.1. The molecule has 1 amide bonds. The lowest BCUT2D eigenvalue weighted by Gasteiger charge is -2.03. The third-order valence-corrected chi connectivity index (χ3v) is 7.48. The molecule has 0 atom stereocenters. The topological polar surface area (TPSA) is 68.5 Å². The number of aromatic nitrogens is 1. The SMILES string of the molecule is Cc1cc2sc(=NC(=O)CCS(=O)(=O)c3ccc(Cl)cc3)n(C)c2cc1C. The highest BCUT2D eigenvalue weighted by Crippen LogP contribution is 2.21. The van der Waals surface area contributed by atoms with Gasteiger partial charge in [-0.25, -0.2) is 8.42 Å². The number of halogens is 1. The molecule has 2 aromatic carbocycles. The molecule has 0 aliphatic heterocycles. The Balaban J connectivity index is 1.82. The molecule has 1 heterocycles. The maximum absolute atomic E-state index is 12.3. The van der Waals surface area contributed by atoms with E-state index in [4.69, 9.17) is 11.6 Å². The summed E-state index contributed by atoms with van der Waals surface area (Å²) in [4.78, 5) is 17.1. The monoisotopic (exact) mass is 422 g/mol. The summed E-state index contributed by atoms with van der Waals surface area (Å²) in [5, 5.41) is 0.461. The molecule has 0 unspecified atom stereocenters. The summed E-state index contributed by atoms with van der Waals surface area (Å²) in [5.74, 6) is -0.743. The van der Waals surface area contributed by atoms with E-state index in [1.165, 1.54) is 46.7 Å². The molecule has 0 saturated heterocycles. The number of sulfone groups is 1. The zero-order valence-electron chi connectivity index (χ0n) is 15.2. The van der Waals surface area contributed by atoms with Crippen LogP contribution in [0.15, 0.2) is 46.3 Å². The van der Waals surface area contributed by atoms with Crippen LogP contribution in [0.5, 0.6) is 0 Å². The highest BCUT2D eigenvalue weighted by atomic mass is 35.5. The van der Waals surface area contributed by atoms with Gasteiger partial charge in [0.25, 0.3) is 0 Å². The van der Waals surface area contributed by atoms with Gasteiger partial charge >= 0.3 is 0 Å². The zero-order valence-corrected chi connectivity index (χ0v) is 17.6. The van der Waals surface area contributed by atoms with Crippen molar-refractivity contribution in [3.63, 3.8) is 0 Å². The molecule has 0 aliphatic rings. The highest BCUT2D eigenvalue weighted by molar-refractivity contribution is 7.91. The molecule has 0 saturated carbocycles. The average Bonchev–Trinajstić information content (AvgIpc) is 2.89. The lowest BCUT2D eigenvalue weighted by molar-refractivity contribution is -0.117. The first-order valence-electron chi connectivity index (χ1n) is 8.30. The first kappa shape index (κ1) is 19.8. The average molecular weight is 423 g/mol. The molecule has 1 aromatic heterocycles. The van der Waals surface area contributed by atoms with Crippen molar-refractivity contribution in [1.82, 2.24) is 4.57 Å². The van der Waals surface area contributed by atoms with Gasteiger partial charge in [0.05, 0.1) is 20.9 Å². The van der Waals surface area contributed by atoms with Crippen molar-refractivity contribution in [1.29, 1.82) is 0 Å². The summed E-state index contributed by atoms with van der Waals surface area (Å²) >= 11 is 7.20. The number of rotatable bonds is 4. The molecule has 3 aromatic rings. The van der Waals surface area contributed by atoms with E-state index in [0.29, 0.717) is 9.82 Å². The van der Waals surface area contributed by atoms with Crippen LogP contribution in [0, 0.1) is 13.8 Å². The molecular weight excluding hydrogens is 404 g/mol. The number of benzene rings is 2. The minimum absolute atomic E-state index is 0.151. The Morgan fingerprint density at radius 2 is 1.78 bits per heavy atom. The minimum atomic E-state index is -3.55. The van der Waals surface area contributed by atoms with E-state index in [1.807, 2.05) is 25.5 Å². The number of hydrogen-bond acceptors (Lipinski definition) is 4. The van der Waals surface area contributed by atoms with E-state index in [0.717, 1.165) is 10.2 Å². The number of aryl methyl sites for hydroxylation is 3. The molecular formula is C19H19ClN2O3S2.